The molecule has 0 unspecified atom stereocenters. The number of hydrogen-bond acceptors (Lipinski definition) is 6. The lowest BCUT2D eigenvalue weighted by Gasteiger charge is -2.05. The number of anilines is 1. The lowest BCUT2D eigenvalue weighted by molar-refractivity contribution is 0.379. The molecular formula is C10H11ClN4OS. The van der Waals surface area contributed by atoms with Crippen LogP contribution in [0.5, 0.6) is 6.01 Å². The number of rotatable bonds is 4. The molecule has 0 bridgehead atoms. The van der Waals surface area contributed by atoms with Gasteiger partial charge < -0.3 is 10.1 Å². The molecule has 0 radical (unpaired) electrons. The Labute approximate surface area is 108 Å². The van der Waals surface area contributed by atoms with Gasteiger partial charge in [-0.15, -0.1) is 11.3 Å². The molecule has 5 nitrogen and oxygen atoms in total. The van der Waals surface area contributed by atoms with Gasteiger partial charge in [-0.1, -0.05) is 0 Å². The highest BCUT2D eigenvalue weighted by molar-refractivity contribution is 7.10. The Morgan fingerprint density at radius 1 is 1.41 bits per heavy atom. The molecule has 2 heterocycles. The molecule has 0 fully saturated rings. The third-order valence-corrected chi connectivity index (χ3v) is 3.34. The molecule has 0 saturated carbocycles. The zero-order valence-electron chi connectivity index (χ0n) is 9.40. The van der Waals surface area contributed by atoms with Crippen LogP contribution >= 0.6 is 22.9 Å². The summed E-state index contributed by atoms with van der Waals surface area (Å²) in [5.74, 6) is 0.412. The van der Waals surface area contributed by atoms with Gasteiger partial charge in [0.15, 0.2) is 0 Å². The van der Waals surface area contributed by atoms with Crippen LogP contribution < -0.4 is 10.1 Å². The van der Waals surface area contributed by atoms with Crippen LogP contribution in [-0.2, 0) is 6.54 Å². The maximum Gasteiger partial charge on any atom is 0.322 e. The summed E-state index contributed by atoms with van der Waals surface area (Å²) in [6.07, 6.45) is 0. The number of thiophene rings is 1. The van der Waals surface area contributed by atoms with Crippen molar-refractivity contribution in [3.8, 4) is 6.01 Å². The third-order valence-electron chi connectivity index (χ3n) is 2.15. The standard InChI is InChI=1S/C10H11ClN4OS/c1-6-3-4-17-7(6)5-12-9-13-8(11)14-10(15-9)16-2/h3-4H,5H2,1-2H3,(H,12,13,14,15). The summed E-state index contributed by atoms with van der Waals surface area (Å²) in [6, 6.07) is 2.28. The number of nitrogens with one attached hydrogen (secondary N) is 1. The van der Waals surface area contributed by atoms with Crippen molar-refractivity contribution in [2.24, 2.45) is 0 Å². The van der Waals surface area contributed by atoms with E-state index in [4.69, 9.17) is 16.3 Å². The molecule has 90 valence electrons. The quantitative estimate of drug-likeness (QED) is 0.925. The summed E-state index contributed by atoms with van der Waals surface area (Å²) < 4.78 is 4.91. The zero-order valence-corrected chi connectivity index (χ0v) is 11.0. The van der Waals surface area contributed by atoms with Crippen molar-refractivity contribution >= 4 is 28.9 Å². The molecule has 0 aliphatic rings. The van der Waals surface area contributed by atoms with Crippen molar-refractivity contribution in [1.29, 1.82) is 0 Å². The summed E-state index contributed by atoms with van der Waals surface area (Å²) in [5.41, 5.74) is 1.25. The second-order valence-electron chi connectivity index (χ2n) is 3.30. The predicted molar refractivity (Wildman–Crippen MR) is 67.8 cm³/mol. The van der Waals surface area contributed by atoms with Crippen LogP contribution in [-0.4, -0.2) is 22.1 Å². The molecule has 0 aliphatic heterocycles. The van der Waals surface area contributed by atoms with E-state index in [9.17, 15) is 0 Å². The Balaban J connectivity index is 2.09. The van der Waals surface area contributed by atoms with Crippen molar-refractivity contribution < 1.29 is 4.74 Å². The molecule has 0 amide bonds. The fraction of sp³-hybridized carbons (Fsp3) is 0.300. The first kappa shape index (κ1) is 12.1. The fourth-order valence-corrected chi connectivity index (χ4v) is 2.25. The summed E-state index contributed by atoms with van der Waals surface area (Å²) in [5, 5.41) is 5.25. The second kappa shape index (κ2) is 5.29. The highest BCUT2D eigenvalue weighted by Gasteiger charge is 2.06. The van der Waals surface area contributed by atoms with Crippen LogP contribution in [0.2, 0.25) is 5.28 Å². The molecule has 0 aromatic carbocycles. The summed E-state index contributed by atoms with van der Waals surface area (Å²) in [7, 11) is 1.48. The molecule has 0 spiro atoms. The SMILES string of the molecule is COc1nc(Cl)nc(NCc2sccc2C)n1. The lowest BCUT2D eigenvalue weighted by Crippen LogP contribution is -2.05. The van der Waals surface area contributed by atoms with E-state index in [2.05, 4.69) is 33.3 Å². The van der Waals surface area contributed by atoms with Crippen LogP contribution in [0.1, 0.15) is 10.4 Å². The van der Waals surface area contributed by atoms with Gasteiger partial charge in [0.2, 0.25) is 11.2 Å². The zero-order chi connectivity index (χ0) is 12.3. The van der Waals surface area contributed by atoms with Gasteiger partial charge in [0.25, 0.3) is 0 Å². The Kier molecular flexibility index (Phi) is 3.75. The first-order valence-corrected chi connectivity index (χ1v) is 6.17. The molecule has 7 heteroatoms. The largest absolute Gasteiger partial charge is 0.467 e. The van der Waals surface area contributed by atoms with E-state index in [-0.39, 0.29) is 11.3 Å². The van der Waals surface area contributed by atoms with Crippen molar-refractivity contribution in [3.05, 3.63) is 27.2 Å². The van der Waals surface area contributed by atoms with Crippen molar-refractivity contribution in [2.45, 2.75) is 13.5 Å². The minimum atomic E-state index is 0.113. The summed E-state index contributed by atoms with van der Waals surface area (Å²) in [6.45, 7) is 2.72. The summed E-state index contributed by atoms with van der Waals surface area (Å²) in [4.78, 5) is 13.0. The highest BCUT2D eigenvalue weighted by Crippen LogP contribution is 2.17. The normalized spacial score (nSPS) is 10.3. The van der Waals surface area contributed by atoms with Crippen LogP contribution in [0.3, 0.4) is 0 Å². The molecule has 17 heavy (non-hydrogen) atoms. The van der Waals surface area contributed by atoms with Gasteiger partial charge in [-0.3, -0.25) is 0 Å². The van der Waals surface area contributed by atoms with Crippen molar-refractivity contribution in [3.63, 3.8) is 0 Å². The third kappa shape index (κ3) is 3.04. The number of halogens is 1. The van der Waals surface area contributed by atoms with Gasteiger partial charge in [-0.2, -0.15) is 15.0 Å². The monoisotopic (exact) mass is 270 g/mol. The number of nitrogens with zero attached hydrogens (tertiary/aromatic N) is 3. The van der Waals surface area contributed by atoms with E-state index >= 15 is 0 Å². The van der Waals surface area contributed by atoms with E-state index in [1.54, 1.807) is 11.3 Å². The van der Waals surface area contributed by atoms with Crippen molar-refractivity contribution in [2.75, 3.05) is 12.4 Å². The molecular weight excluding hydrogens is 260 g/mol. The highest BCUT2D eigenvalue weighted by atomic mass is 35.5. The number of aryl methyl sites for hydroxylation is 1. The average molecular weight is 271 g/mol. The van der Waals surface area contributed by atoms with Gasteiger partial charge in [-0.25, -0.2) is 0 Å². The fourth-order valence-electron chi connectivity index (χ4n) is 1.25. The van der Waals surface area contributed by atoms with E-state index in [0.29, 0.717) is 12.5 Å². The van der Waals surface area contributed by atoms with Crippen LogP contribution in [0.4, 0.5) is 5.95 Å². The molecule has 1 N–H and O–H groups in total. The predicted octanol–water partition coefficient (Wildman–Crippen LogP) is 2.52. The van der Waals surface area contributed by atoms with Gasteiger partial charge >= 0.3 is 6.01 Å². The minimum absolute atomic E-state index is 0.113. The number of hydrogen-bond donors (Lipinski definition) is 1. The van der Waals surface area contributed by atoms with E-state index in [0.717, 1.165) is 0 Å². The Bertz CT molecular complexity index is 517. The first-order chi connectivity index (χ1) is 8.19. The maximum atomic E-state index is 5.74. The minimum Gasteiger partial charge on any atom is -0.467 e. The number of aromatic nitrogens is 3. The smallest absolute Gasteiger partial charge is 0.322 e. The topological polar surface area (TPSA) is 59.9 Å². The summed E-state index contributed by atoms with van der Waals surface area (Å²) >= 11 is 7.43. The number of ether oxygens (including phenoxy) is 1. The van der Waals surface area contributed by atoms with Gasteiger partial charge in [0.05, 0.1) is 13.7 Å². The maximum absolute atomic E-state index is 5.74. The average Bonchev–Trinajstić information content (AvgIpc) is 2.71. The molecule has 0 aliphatic carbocycles. The first-order valence-electron chi connectivity index (χ1n) is 4.91. The number of methoxy groups -OCH3 is 1. The van der Waals surface area contributed by atoms with Crippen LogP contribution in [0.15, 0.2) is 11.4 Å². The molecule has 2 aromatic heterocycles. The molecule has 0 atom stereocenters. The molecule has 0 saturated heterocycles. The van der Waals surface area contributed by atoms with Crippen molar-refractivity contribution in [1.82, 2.24) is 15.0 Å². The lowest BCUT2D eigenvalue weighted by atomic mass is 10.3. The van der Waals surface area contributed by atoms with E-state index in [1.165, 1.54) is 17.6 Å². The second-order valence-corrected chi connectivity index (χ2v) is 4.63. The van der Waals surface area contributed by atoms with E-state index in [1.807, 2.05) is 5.38 Å². The van der Waals surface area contributed by atoms with Crippen LogP contribution in [0, 0.1) is 6.92 Å². The Hall–Kier alpha value is -1.40. The van der Waals surface area contributed by atoms with Gasteiger partial charge in [-0.05, 0) is 35.5 Å². The van der Waals surface area contributed by atoms with Gasteiger partial charge in [0, 0.05) is 4.88 Å². The Morgan fingerprint density at radius 3 is 2.88 bits per heavy atom. The molecule has 2 aromatic rings. The van der Waals surface area contributed by atoms with Gasteiger partial charge in [0.1, 0.15) is 0 Å². The molecule has 2 rings (SSSR count). The Morgan fingerprint density at radius 2 is 2.24 bits per heavy atom. The van der Waals surface area contributed by atoms with E-state index < -0.39 is 0 Å². The van der Waals surface area contributed by atoms with Crippen LogP contribution in [0.25, 0.3) is 0 Å².